The Morgan fingerprint density at radius 2 is 2.40 bits per heavy atom. The number of thiophene rings is 1. The minimum absolute atomic E-state index is 0.180. The molecule has 0 fully saturated rings. The highest BCUT2D eigenvalue weighted by molar-refractivity contribution is 7.10. The largest absolute Gasteiger partial charge is 0.384 e. The molecule has 2 aromatic rings. The number of hydrogen-bond acceptors (Lipinski definition) is 4. The molecule has 0 saturated carbocycles. The third-order valence-electron chi connectivity index (χ3n) is 2.64. The van der Waals surface area contributed by atoms with E-state index in [2.05, 4.69) is 22.3 Å². The Labute approximate surface area is 121 Å². The van der Waals surface area contributed by atoms with Crippen molar-refractivity contribution in [3.05, 3.63) is 33.8 Å². The second kappa shape index (κ2) is 6.37. The molecule has 6 heteroatoms. The van der Waals surface area contributed by atoms with E-state index in [-0.39, 0.29) is 12.5 Å². The molecule has 0 unspecified atom stereocenters. The minimum atomic E-state index is -0.186. The van der Waals surface area contributed by atoms with Crippen LogP contribution < -0.4 is 5.32 Å². The van der Waals surface area contributed by atoms with E-state index in [4.69, 9.17) is 5.11 Å². The summed E-state index contributed by atoms with van der Waals surface area (Å²) >= 11 is 1.38. The molecule has 0 saturated heterocycles. The number of hydrogen-bond donors (Lipinski definition) is 2. The van der Waals surface area contributed by atoms with Crippen LogP contribution in [0.5, 0.6) is 0 Å². The number of aryl methyl sites for hydroxylation is 2. The lowest BCUT2D eigenvalue weighted by Crippen LogP contribution is -2.11. The van der Waals surface area contributed by atoms with E-state index in [9.17, 15) is 4.79 Å². The topological polar surface area (TPSA) is 67.2 Å². The lowest BCUT2D eigenvalue weighted by Gasteiger charge is -2.01. The highest BCUT2D eigenvalue weighted by Crippen LogP contribution is 2.18. The van der Waals surface area contributed by atoms with Crippen LogP contribution in [0.25, 0.3) is 0 Å². The van der Waals surface area contributed by atoms with Crippen LogP contribution in [0, 0.1) is 11.8 Å². The van der Waals surface area contributed by atoms with Gasteiger partial charge in [-0.15, -0.1) is 11.3 Å². The quantitative estimate of drug-likeness (QED) is 0.844. The van der Waals surface area contributed by atoms with Crippen molar-refractivity contribution in [1.29, 1.82) is 0 Å². The van der Waals surface area contributed by atoms with Crippen molar-refractivity contribution in [2.24, 2.45) is 7.05 Å². The minimum Gasteiger partial charge on any atom is -0.384 e. The molecule has 1 amide bonds. The summed E-state index contributed by atoms with van der Waals surface area (Å²) in [6.07, 6.45) is 2.54. The molecule has 2 rings (SSSR count). The second-order valence-electron chi connectivity index (χ2n) is 4.13. The molecular weight excluding hydrogens is 274 g/mol. The summed E-state index contributed by atoms with van der Waals surface area (Å²) in [5.74, 6) is 5.16. The molecule has 2 N–H and O–H groups in total. The molecule has 2 aromatic heterocycles. The van der Waals surface area contributed by atoms with Crippen molar-refractivity contribution < 1.29 is 9.90 Å². The summed E-state index contributed by atoms with van der Waals surface area (Å²) in [6.45, 7) is 1.81. The summed E-state index contributed by atoms with van der Waals surface area (Å²) < 4.78 is 1.68. The standard InChI is InChI=1S/C14H15N3O2S/c1-3-12-13(8-17(2)16-12)15-14(19)10-7-11(20-9-10)5-4-6-18/h7-9,18H,3,6H2,1-2H3,(H,15,19). The summed E-state index contributed by atoms with van der Waals surface area (Å²) in [6, 6.07) is 1.71. The van der Waals surface area contributed by atoms with Crippen LogP contribution in [-0.2, 0) is 13.5 Å². The normalized spacial score (nSPS) is 9.95. The summed E-state index contributed by atoms with van der Waals surface area (Å²) in [5.41, 5.74) is 2.15. The van der Waals surface area contributed by atoms with Crippen LogP contribution in [0.2, 0.25) is 0 Å². The van der Waals surface area contributed by atoms with E-state index in [0.717, 1.165) is 22.7 Å². The van der Waals surface area contributed by atoms with Gasteiger partial charge in [0.05, 0.1) is 21.8 Å². The molecule has 0 aromatic carbocycles. The van der Waals surface area contributed by atoms with Crippen LogP contribution in [0.3, 0.4) is 0 Å². The molecule has 0 spiro atoms. The number of amides is 1. The number of aromatic nitrogens is 2. The lowest BCUT2D eigenvalue weighted by molar-refractivity contribution is 0.102. The average Bonchev–Trinajstić information content (AvgIpc) is 3.03. The summed E-state index contributed by atoms with van der Waals surface area (Å²) in [5, 5.41) is 17.5. The molecule has 0 bridgehead atoms. The molecule has 0 radical (unpaired) electrons. The number of nitrogens with zero attached hydrogens (tertiary/aromatic N) is 2. The van der Waals surface area contributed by atoms with Gasteiger partial charge in [-0.2, -0.15) is 5.10 Å². The summed E-state index contributed by atoms with van der Waals surface area (Å²) in [7, 11) is 1.82. The fourth-order valence-corrected chi connectivity index (χ4v) is 2.50. The van der Waals surface area contributed by atoms with Gasteiger partial charge in [-0.3, -0.25) is 9.48 Å². The van der Waals surface area contributed by atoms with Crippen LogP contribution in [-0.4, -0.2) is 27.4 Å². The third-order valence-corrected chi connectivity index (χ3v) is 3.49. The molecule has 20 heavy (non-hydrogen) atoms. The van der Waals surface area contributed by atoms with Crippen LogP contribution >= 0.6 is 11.3 Å². The van der Waals surface area contributed by atoms with Gasteiger partial charge in [-0.05, 0) is 12.5 Å². The Morgan fingerprint density at radius 3 is 3.10 bits per heavy atom. The van der Waals surface area contributed by atoms with Crippen molar-refractivity contribution in [3.63, 3.8) is 0 Å². The Bertz CT molecular complexity index is 676. The van der Waals surface area contributed by atoms with E-state index in [1.54, 1.807) is 22.3 Å². The van der Waals surface area contributed by atoms with E-state index in [1.807, 2.05) is 14.0 Å². The monoisotopic (exact) mass is 289 g/mol. The molecule has 0 aliphatic rings. The number of carbonyl (C=O) groups excluding carboxylic acids is 1. The van der Waals surface area contributed by atoms with Gasteiger partial charge < -0.3 is 10.4 Å². The summed E-state index contributed by atoms with van der Waals surface area (Å²) in [4.78, 5) is 12.9. The van der Waals surface area contributed by atoms with Crippen molar-refractivity contribution in [2.45, 2.75) is 13.3 Å². The fourth-order valence-electron chi connectivity index (χ4n) is 1.74. The van der Waals surface area contributed by atoms with Gasteiger partial charge in [0.25, 0.3) is 5.91 Å². The van der Waals surface area contributed by atoms with Gasteiger partial charge in [0.2, 0.25) is 0 Å². The fraction of sp³-hybridized carbons (Fsp3) is 0.286. The lowest BCUT2D eigenvalue weighted by atomic mass is 10.2. The first-order valence-corrected chi connectivity index (χ1v) is 7.04. The van der Waals surface area contributed by atoms with Crippen molar-refractivity contribution in [3.8, 4) is 11.8 Å². The van der Waals surface area contributed by atoms with Crippen LogP contribution in [0.15, 0.2) is 17.6 Å². The first-order valence-electron chi connectivity index (χ1n) is 6.16. The smallest absolute Gasteiger partial charge is 0.256 e. The van der Waals surface area contributed by atoms with Gasteiger partial charge in [-0.25, -0.2) is 0 Å². The maximum absolute atomic E-state index is 12.1. The molecule has 0 atom stereocenters. The number of nitrogens with one attached hydrogen (secondary N) is 1. The van der Waals surface area contributed by atoms with Gasteiger partial charge in [0.1, 0.15) is 6.61 Å². The number of rotatable bonds is 3. The van der Waals surface area contributed by atoms with Gasteiger partial charge in [0.15, 0.2) is 0 Å². The zero-order chi connectivity index (χ0) is 14.5. The first kappa shape index (κ1) is 14.3. The van der Waals surface area contributed by atoms with Crippen molar-refractivity contribution >= 4 is 22.9 Å². The van der Waals surface area contributed by atoms with E-state index in [0.29, 0.717) is 5.56 Å². The van der Waals surface area contributed by atoms with E-state index >= 15 is 0 Å². The predicted molar refractivity (Wildman–Crippen MR) is 78.8 cm³/mol. The zero-order valence-electron chi connectivity index (χ0n) is 11.3. The molecule has 5 nitrogen and oxygen atoms in total. The third kappa shape index (κ3) is 3.26. The highest BCUT2D eigenvalue weighted by atomic mass is 32.1. The Hall–Kier alpha value is -2.10. The number of anilines is 1. The van der Waals surface area contributed by atoms with Crippen LogP contribution in [0.4, 0.5) is 5.69 Å². The first-order chi connectivity index (χ1) is 9.63. The predicted octanol–water partition coefficient (Wildman–Crippen LogP) is 1.64. The molecule has 0 aliphatic heterocycles. The Balaban J connectivity index is 2.13. The van der Waals surface area contributed by atoms with Gasteiger partial charge >= 0.3 is 0 Å². The van der Waals surface area contributed by atoms with Gasteiger partial charge in [-0.1, -0.05) is 18.8 Å². The molecule has 0 aliphatic carbocycles. The van der Waals surface area contributed by atoms with Gasteiger partial charge in [0, 0.05) is 18.6 Å². The molecule has 104 valence electrons. The maximum Gasteiger partial charge on any atom is 0.256 e. The average molecular weight is 289 g/mol. The van der Waals surface area contributed by atoms with Crippen molar-refractivity contribution in [1.82, 2.24) is 9.78 Å². The highest BCUT2D eigenvalue weighted by Gasteiger charge is 2.12. The zero-order valence-corrected chi connectivity index (χ0v) is 12.1. The van der Waals surface area contributed by atoms with Crippen LogP contribution in [0.1, 0.15) is 27.9 Å². The number of aliphatic hydroxyl groups excluding tert-OH is 1. The second-order valence-corrected chi connectivity index (χ2v) is 5.04. The maximum atomic E-state index is 12.1. The SMILES string of the molecule is CCc1nn(C)cc1NC(=O)c1csc(C#CCO)c1. The van der Waals surface area contributed by atoms with E-state index in [1.165, 1.54) is 11.3 Å². The number of carbonyl (C=O) groups is 1. The Morgan fingerprint density at radius 1 is 1.60 bits per heavy atom. The van der Waals surface area contributed by atoms with E-state index < -0.39 is 0 Å². The Kier molecular flexibility index (Phi) is 4.56. The van der Waals surface area contributed by atoms with Crippen molar-refractivity contribution in [2.75, 3.05) is 11.9 Å². The molecule has 2 heterocycles. The number of aliphatic hydroxyl groups is 1. The molecular formula is C14H15N3O2S.